The zero-order chi connectivity index (χ0) is 16.7. The molecule has 1 aromatic rings. The third-order valence-electron chi connectivity index (χ3n) is 4.47. The predicted octanol–water partition coefficient (Wildman–Crippen LogP) is 2.32. The molecule has 0 radical (unpaired) electrons. The van der Waals surface area contributed by atoms with Crippen LogP contribution in [-0.4, -0.2) is 36.9 Å². The second-order valence-corrected chi connectivity index (χ2v) is 7.42. The number of sulfonamides is 1. The van der Waals surface area contributed by atoms with Crippen LogP contribution in [0.1, 0.15) is 34.7 Å². The van der Waals surface area contributed by atoms with E-state index in [1.54, 1.807) is 13.8 Å². The van der Waals surface area contributed by atoms with Gasteiger partial charge in [0.25, 0.3) is 0 Å². The Balaban J connectivity index is 3.64. The Morgan fingerprint density at radius 2 is 1.29 bits per heavy atom. The summed E-state index contributed by atoms with van der Waals surface area (Å²) in [6.07, 6.45) is 0. The number of nitrogens with zero attached hydrogens (tertiary/aromatic N) is 1. The van der Waals surface area contributed by atoms with Crippen LogP contribution >= 0.6 is 0 Å². The minimum absolute atomic E-state index is 0.221. The highest BCUT2D eigenvalue weighted by molar-refractivity contribution is 7.89. The summed E-state index contributed by atoms with van der Waals surface area (Å²) in [7, 11) is -2.55. The Morgan fingerprint density at radius 3 is 1.62 bits per heavy atom. The first-order valence-electron chi connectivity index (χ1n) is 6.72. The van der Waals surface area contributed by atoms with Gasteiger partial charge >= 0.3 is 5.97 Å². The van der Waals surface area contributed by atoms with Gasteiger partial charge in [0, 0.05) is 7.05 Å². The molecular formula is C15H23NO4S. The first-order chi connectivity index (χ1) is 9.44. The molecule has 1 N–H and O–H groups in total. The molecule has 1 atom stereocenters. The van der Waals surface area contributed by atoms with Crippen LogP contribution < -0.4 is 0 Å². The summed E-state index contributed by atoms with van der Waals surface area (Å²) >= 11 is 0. The molecule has 0 aliphatic heterocycles. The number of aliphatic carboxylic acids is 1. The summed E-state index contributed by atoms with van der Waals surface area (Å²) in [5.41, 5.74) is 4.28. The average Bonchev–Trinajstić information content (AvgIpc) is 2.41. The number of carboxylic acids is 1. The summed E-state index contributed by atoms with van der Waals surface area (Å²) in [6, 6.07) is -1.12. The molecule has 0 saturated carbocycles. The summed E-state index contributed by atoms with van der Waals surface area (Å²) in [4.78, 5) is 11.3. The van der Waals surface area contributed by atoms with E-state index in [9.17, 15) is 13.2 Å². The van der Waals surface area contributed by atoms with Crippen LogP contribution in [0.25, 0.3) is 0 Å². The van der Waals surface area contributed by atoms with E-state index in [0.717, 1.165) is 21.0 Å². The Bertz CT molecular complexity index is 663. The monoisotopic (exact) mass is 313 g/mol. The molecule has 1 aromatic carbocycles. The van der Waals surface area contributed by atoms with Crippen LogP contribution in [0.2, 0.25) is 0 Å². The molecule has 1 unspecified atom stereocenters. The minimum atomic E-state index is -3.85. The molecule has 6 heteroatoms. The van der Waals surface area contributed by atoms with Crippen molar-refractivity contribution in [1.29, 1.82) is 0 Å². The third-order valence-corrected chi connectivity index (χ3v) is 6.67. The van der Waals surface area contributed by atoms with E-state index < -0.39 is 22.0 Å². The van der Waals surface area contributed by atoms with Crippen molar-refractivity contribution in [2.45, 2.75) is 52.5 Å². The first-order valence-corrected chi connectivity index (χ1v) is 8.16. The molecular weight excluding hydrogens is 290 g/mol. The van der Waals surface area contributed by atoms with Crippen molar-refractivity contribution < 1.29 is 18.3 Å². The number of likely N-dealkylation sites (N-methyl/N-ethyl adjacent to an activating group) is 1. The normalized spacial score (nSPS) is 13.5. The number of benzene rings is 1. The van der Waals surface area contributed by atoms with Crippen LogP contribution in [0.15, 0.2) is 4.90 Å². The van der Waals surface area contributed by atoms with Crippen molar-refractivity contribution >= 4 is 16.0 Å². The smallest absolute Gasteiger partial charge is 0.321 e. The quantitative estimate of drug-likeness (QED) is 0.925. The zero-order valence-electron chi connectivity index (χ0n) is 13.6. The van der Waals surface area contributed by atoms with Crippen molar-refractivity contribution in [3.05, 3.63) is 27.8 Å². The molecule has 0 saturated heterocycles. The molecule has 0 fully saturated rings. The largest absolute Gasteiger partial charge is 0.480 e. The molecule has 0 amide bonds. The lowest BCUT2D eigenvalue weighted by molar-refractivity contribution is -0.140. The van der Waals surface area contributed by atoms with Crippen molar-refractivity contribution in [2.24, 2.45) is 0 Å². The predicted molar refractivity (Wildman–Crippen MR) is 82.2 cm³/mol. The van der Waals surface area contributed by atoms with Crippen LogP contribution in [0, 0.1) is 34.6 Å². The van der Waals surface area contributed by atoms with Gasteiger partial charge in [-0.1, -0.05) is 0 Å². The van der Waals surface area contributed by atoms with E-state index in [4.69, 9.17) is 5.11 Å². The van der Waals surface area contributed by atoms with Gasteiger partial charge in [-0.05, 0) is 69.4 Å². The molecule has 5 nitrogen and oxygen atoms in total. The molecule has 0 aliphatic carbocycles. The molecule has 0 aliphatic rings. The lowest BCUT2D eigenvalue weighted by Gasteiger charge is -2.25. The van der Waals surface area contributed by atoms with Crippen LogP contribution in [0.3, 0.4) is 0 Å². The van der Waals surface area contributed by atoms with Gasteiger partial charge in [-0.15, -0.1) is 0 Å². The summed E-state index contributed by atoms with van der Waals surface area (Å²) in [5.74, 6) is -1.17. The fraction of sp³-hybridized carbons (Fsp3) is 0.533. The maximum Gasteiger partial charge on any atom is 0.321 e. The third kappa shape index (κ3) is 2.82. The van der Waals surface area contributed by atoms with Gasteiger partial charge in [-0.25, -0.2) is 8.42 Å². The lowest BCUT2D eigenvalue weighted by atomic mass is 9.95. The molecule has 0 spiro atoms. The minimum Gasteiger partial charge on any atom is -0.480 e. The van der Waals surface area contributed by atoms with E-state index in [0.29, 0.717) is 11.1 Å². The molecule has 0 aromatic heterocycles. The van der Waals surface area contributed by atoms with E-state index in [1.807, 2.05) is 20.8 Å². The zero-order valence-corrected chi connectivity index (χ0v) is 14.4. The fourth-order valence-corrected chi connectivity index (χ4v) is 4.23. The number of hydrogen-bond acceptors (Lipinski definition) is 3. The Kier molecular flexibility index (Phi) is 4.85. The van der Waals surface area contributed by atoms with Crippen LogP contribution in [0.4, 0.5) is 0 Å². The van der Waals surface area contributed by atoms with Crippen molar-refractivity contribution in [3.63, 3.8) is 0 Å². The van der Waals surface area contributed by atoms with E-state index in [-0.39, 0.29) is 4.90 Å². The lowest BCUT2D eigenvalue weighted by Crippen LogP contribution is -2.40. The Labute approximate surface area is 126 Å². The average molecular weight is 313 g/mol. The second kappa shape index (κ2) is 5.77. The number of carbonyl (C=O) groups is 1. The SMILES string of the molecule is Cc1c(C)c(C)c(S(=O)(=O)N(C)C(C)C(=O)O)c(C)c1C. The first kappa shape index (κ1) is 17.7. The Hall–Kier alpha value is -1.40. The van der Waals surface area contributed by atoms with Gasteiger partial charge in [0.1, 0.15) is 6.04 Å². The topological polar surface area (TPSA) is 74.7 Å². The van der Waals surface area contributed by atoms with Crippen molar-refractivity contribution in [1.82, 2.24) is 4.31 Å². The summed E-state index contributed by atoms with van der Waals surface area (Å²) in [5, 5.41) is 9.05. The fourth-order valence-electron chi connectivity index (χ4n) is 2.36. The molecule has 1 rings (SSSR count). The molecule has 0 bridgehead atoms. The summed E-state index contributed by atoms with van der Waals surface area (Å²) in [6.45, 7) is 10.6. The van der Waals surface area contributed by atoms with Gasteiger partial charge in [0.15, 0.2) is 0 Å². The van der Waals surface area contributed by atoms with Gasteiger partial charge in [0.05, 0.1) is 4.90 Å². The van der Waals surface area contributed by atoms with Gasteiger partial charge in [-0.2, -0.15) is 4.31 Å². The standard InChI is InChI=1S/C15H23NO4S/c1-8-9(2)11(4)14(12(5)10(8)3)21(19,20)16(7)13(6)15(17)18/h13H,1-7H3,(H,17,18). The van der Waals surface area contributed by atoms with Crippen LogP contribution in [-0.2, 0) is 14.8 Å². The van der Waals surface area contributed by atoms with Crippen molar-refractivity contribution in [2.75, 3.05) is 7.05 Å². The molecule has 0 heterocycles. The van der Waals surface area contributed by atoms with Gasteiger partial charge < -0.3 is 5.11 Å². The van der Waals surface area contributed by atoms with Crippen molar-refractivity contribution in [3.8, 4) is 0 Å². The number of hydrogen-bond donors (Lipinski definition) is 1. The van der Waals surface area contributed by atoms with E-state index >= 15 is 0 Å². The highest BCUT2D eigenvalue weighted by Gasteiger charge is 2.33. The van der Waals surface area contributed by atoms with E-state index in [1.165, 1.54) is 14.0 Å². The Morgan fingerprint density at radius 1 is 0.952 bits per heavy atom. The van der Waals surface area contributed by atoms with Gasteiger partial charge in [-0.3, -0.25) is 4.79 Å². The second-order valence-electron chi connectivity index (χ2n) is 5.49. The maximum atomic E-state index is 12.8. The highest BCUT2D eigenvalue weighted by atomic mass is 32.2. The van der Waals surface area contributed by atoms with E-state index in [2.05, 4.69) is 0 Å². The van der Waals surface area contributed by atoms with Crippen LogP contribution in [0.5, 0.6) is 0 Å². The molecule has 21 heavy (non-hydrogen) atoms. The highest BCUT2D eigenvalue weighted by Crippen LogP contribution is 2.31. The molecule has 118 valence electrons. The summed E-state index contributed by atoms with van der Waals surface area (Å²) < 4.78 is 26.5. The van der Waals surface area contributed by atoms with Gasteiger partial charge in [0.2, 0.25) is 10.0 Å². The number of rotatable bonds is 4. The number of carboxylic acid groups (broad SMARTS) is 1. The maximum absolute atomic E-state index is 12.8.